The molecule has 3 atom stereocenters. The molecule has 0 saturated heterocycles. The van der Waals surface area contributed by atoms with Gasteiger partial charge in [-0.1, -0.05) is 12.1 Å². The minimum atomic E-state index is -1.46. The van der Waals surface area contributed by atoms with Crippen LogP contribution in [0.5, 0.6) is 0 Å². The number of hydrogen-bond donors (Lipinski definition) is 3. The third-order valence-corrected chi connectivity index (χ3v) is 4.56. The normalized spacial score (nSPS) is 25.7. The first kappa shape index (κ1) is 17.4. The van der Waals surface area contributed by atoms with Gasteiger partial charge in [0.1, 0.15) is 5.82 Å². The highest BCUT2D eigenvalue weighted by Crippen LogP contribution is 2.44. The molecule has 0 saturated carbocycles. The molecular weight excluding hydrogens is 327 g/mol. The van der Waals surface area contributed by atoms with Gasteiger partial charge >= 0.3 is 5.97 Å². The SMILES string of the molecule is CC(C)OC(=O)[C@H]1[C@@H](c2cccc(F)c2)c2c([nH][nH]c2=O)C[C@@]1(C)O. The number of aromatic nitrogens is 2. The second kappa shape index (κ2) is 6.15. The summed E-state index contributed by atoms with van der Waals surface area (Å²) in [6.07, 6.45) is -0.285. The molecule has 6 nitrogen and oxygen atoms in total. The monoisotopic (exact) mass is 348 g/mol. The second-order valence-electron chi connectivity index (χ2n) is 7.00. The van der Waals surface area contributed by atoms with Crippen molar-refractivity contribution in [3.63, 3.8) is 0 Å². The summed E-state index contributed by atoms with van der Waals surface area (Å²) in [6.45, 7) is 4.95. The molecule has 1 aliphatic rings. The number of fused-ring (bicyclic) bond motifs is 1. The van der Waals surface area contributed by atoms with E-state index in [0.717, 1.165) is 0 Å². The summed E-state index contributed by atoms with van der Waals surface area (Å²) >= 11 is 0. The average Bonchev–Trinajstić information content (AvgIpc) is 2.84. The Morgan fingerprint density at radius 2 is 2.12 bits per heavy atom. The Kier molecular flexibility index (Phi) is 4.28. The number of nitrogens with one attached hydrogen (secondary N) is 2. The van der Waals surface area contributed by atoms with Crippen molar-refractivity contribution < 1.29 is 19.0 Å². The summed E-state index contributed by atoms with van der Waals surface area (Å²) in [6, 6.07) is 5.71. The van der Waals surface area contributed by atoms with Crippen molar-refractivity contribution in [2.24, 2.45) is 5.92 Å². The third-order valence-electron chi connectivity index (χ3n) is 4.56. The van der Waals surface area contributed by atoms with E-state index in [2.05, 4.69) is 10.2 Å². The lowest BCUT2D eigenvalue weighted by molar-refractivity contribution is -0.163. The van der Waals surface area contributed by atoms with Crippen molar-refractivity contribution in [1.82, 2.24) is 10.2 Å². The topological polar surface area (TPSA) is 95.2 Å². The molecule has 0 amide bonds. The number of aromatic amines is 2. The summed E-state index contributed by atoms with van der Waals surface area (Å²) in [5.41, 5.74) is -0.555. The maximum atomic E-state index is 13.8. The molecule has 1 aliphatic carbocycles. The van der Waals surface area contributed by atoms with Crippen LogP contribution in [0.2, 0.25) is 0 Å². The van der Waals surface area contributed by atoms with Crippen molar-refractivity contribution in [3.8, 4) is 0 Å². The number of esters is 1. The predicted octanol–water partition coefficient (Wildman–Crippen LogP) is 1.85. The highest BCUT2D eigenvalue weighted by atomic mass is 19.1. The number of H-pyrrole nitrogens is 2. The summed E-state index contributed by atoms with van der Waals surface area (Å²) in [4.78, 5) is 25.1. The molecule has 2 aromatic rings. The fourth-order valence-corrected chi connectivity index (χ4v) is 3.62. The number of benzene rings is 1. The summed E-state index contributed by atoms with van der Waals surface area (Å²) in [5, 5.41) is 16.2. The highest BCUT2D eigenvalue weighted by molar-refractivity contribution is 5.77. The Hall–Kier alpha value is -2.41. The minimum absolute atomic E-state index is 0.0880. The molecule has 0 fully saturated rings. The molecule has 7 heteroatoms. The molecule has 0 spiro atoms. The van der Waals surface area contributed by atoms with E-state index in [1.165, 1.54) is 25.1 Å². The van der Waals surface area contributed by atoms with Crippen LogP contribution in [0.15, 0.2) is 29.1 Å². The number of hydrogen-bond acceptors (Lipinski definition) is 4. The van der Waals surface area contributed by atoms with Gasteiger partial charge in [-0.2, -0.15) is 0 Å². The van der Waals surface area contributed by atoms with Crippen molar-refractivity contribution in [2.45, 2.75) is 44.8 Å². The zero-order valence-electron chi connectivity index (χ0n) is 14.3. The fraction of sp³-hybridized carbons (Fsp3) is 0.444. The van der Waals surface area contributed by atoms with E-state index in [1.54, 1.807) is 19.9 Å². The van der Waals surface area contributed by atoms with E-state index in [1.807, 2.05) is 0 Å². The molecule has 0 bridgehead atoms. The Bertz CT molecular complexity index is 853. The van der Waals surface area contributed by atoms with Crippen LogP contribution in [0.4, 0.5) is 4.39 Å². The number of carbonyl (C=O) groups is 1. The van der Waals surface area contributed by atoms with Gasteiger partial charge in [0, 0.05) is 23.6 Å². The highest BCUT2D eigenvalue weighted by Gasteiger charge is 2.51. The lowest BCUT2D eigenvalue weighted by Crippen LogP contribution is -2.50. The number of carbonyl (C=O) groups excluding carboxylic acids is 1. The van der Waals surface area contributed by atoms with Gasteiger partial charge in [-0.15, -0.1) is 0 Å². The van der Waals surface area contributed by atoms with E-state index < -0.39 is 29.2 Å². The summed E-state index contributed by atoms with van der Waals surface area (Å²) in [7, 11) is 0. The van der Waals surface area contributed by atoms with Crippen LogP contribution in [0.3, 0.4) is 0 Å². The first-order chi connectivity index (χ1) is 11.7. The molecule has 0 radical (unpaired) electrons. The van der Waals surface area contributed by atoms with Gasteiger partial charge in [0.2, 0.25) is 0 Å². The number of aliphatic hydroxyl groups is 1. The predicted molar refractivity (Wildman–Crippen MR) is 88.7 cm³/mol. The van der Waals surface area contributed by atoms with Gasteiger partial charge in [0.25, 0.3) is 5.56 Å². The Morgan fingerprint density at radius 3 is 2.76 bits per heavy atom. The zero-order chi connectivity index (χ0) is 18.4. The molecule has 134 valence electrons. The maximum absolute atomic E-state index is 13.8. The van der Waals surface area contributed by atoms with E-state index in [4.69, 9.17) is 4.74 Å². The van der Waals surface area contributed by atoms with Crippen molar-refractivity contribution >= 4 is 5.97 Å². The largest absolute Gasteiger partial charge is 0.463 e. The zero-order valence-corrected chi connectivity index (χ0v) is 14.3. The quantitative estimate of drug-likeness (QED) is 0.738. The van der Waals surface area contributed by atoms with E-state index in [-0.39, 0.29) is 18.1 Å². The molecule has 1 aromatic heterocycles. The van der Waals surface area contributed by atoms with E-state index >= 15 is 0 Å². The number of halogens is 1. The van der Waals surface area contributed by atoms with Crippen LogP contribution in [0, 0.1) is 11.7 Å². The van der Waals surface area contributed by atoms with Crippen molar-refractivity contribution in [3.05, 3.63) is 57.3 Å². The van der Waals surface area contributed by atoms with Crippen molar-refractivity contribution in [1.29, 1.82) is 0 Å². The van der Waals surface area contributed by atoms with Gasteiger partial charge < -0.3 is 14.9 Å². The lowest BCUT2D eigenvalue weighted by Gasteiger charge is -2.40. The Labute approximate surface area is 144 Å². The standard InChI is InChI=1S/C18H21FN2O4/c1-9(2)25-17(23)15-13(10-5-4-6-11(19)7-10)14-12(8-18(15,3)24)20-21-16(14)22/h4-7,9,13,15,24H,8H2,1-3H3,(H2,20,21,22)/t13-,15+,18+/m0/s1. The molecule has 0 aliphatic heterocycles. The van der Waals surface area contributed by atoms with Gasteiger partial charge in [0.15, 0.2) is 0 Å². The number of rotatable bonds is 3. The molecule has 0 unspecified atom stereocenters. The van der Waals surface area contributed by atoms with Gasteiger partial charge in [0.05, 0.1) is 17.6 Å². The molecule has 3 N–H and O–H groups in total. The fourth-order valence-electron chi connectivity index (χ4n) is 3.62. The average molecular weight is 348 g/mol. The van der Waals surface area contributed by atoms with Crippen molar-refractivity contribution in [2.75, 3.05) is 0 Å². The molecule has 25 heavy (non-hydrogen) atoms. The Morgan fingerprint density at radius 1 is 1.40 bits per heavy atom. The second-order valence-corrected chi connectivity index (χ2v) is 7.00. The summed E-state index contributed by atoms with van der Waals surface area (Å²) in [5.74, 6) is -2.93. The van der Waals surface area contributed by atoms with Gasteiger partial charge in [-0.25, -0.2) is 4.39 Å². The first-order valence-corrected chi connectivity index (χ1v) is 8.18. The van der Waals surface area contributed by atoms with E-state index in [9.17, 15) is 19.1 Å². The molecule has 1 heterocycles. The van der Waals surface area contributed by atoms with Crippen LogP contribution >= 0.6 is 0 Å². The van der Waals surface area contributed by atoms with Crippen LogP contribution in [-0.4, -0.2) is 33.0 Å². The lowest BCUT2D eigenvalue weighted by atomic mass is 9.66. The maximum Gasteiger partial charge on any atom is 0.313 e. The van der Waals surface area contributed by atoms with Crippen LogP contribution in [0.25, 0.3) is 0 Å². The number of ether oxygens (including phenoxy) is 1. The molecular formula is C18H21FN2O4. The van der Waals surface area contributed by atoms with Crippen LogP contribution < -0.4 is 5.56 Å². The van der Waals surface area contributed by atoms with Crippen LogP contribution in [0.1, 0.15) is 43.5 Å². The summed E-state index contributed by atoms with van der Waals surface area (Å²) < 4.78 is 19.1. The van der Waals surface area contributed by atoms with E-state index in [0.29, 0.717) is 16.8 Å². The first-order valence-electron chi connectivity index (χ1n) is 8.18. The molecule has 3 rings (SSSR count). The molecule has 1 aromatic carbocycles. The van der Waals surface area contributed by atoms with Crippen LogP contribution in [-0.2, 0) is 16.0 Å². The Balaban J connectivity index is 2.20. The van der Waals surface area contributed by atoms with Gasteiger partial charge in [-0.05, 0) is 38.5 Å². The third kappa shape index (κ3) is 3.11. The smallest absolute Gasteiger partial charge is 0.313 e. The van der Waals surface area contributed by atoms with Gasteiger partial charge in [-0.3, -0.25) is 14.7 Å². The minimum Gasteiger partial charge on any atom is -0.463 e.